The maximum absolute atomic E-state index is 11.2. The number of hydrogen-bond donors (Lipinski definition) is 0. The summed E-state index contributed by atoms with van der Waals surface area (Å²) < 4.78 is 9.77. The summed E-state index contributed by atoms with van der Waals surface area (Å²) in [6.45, 7) is 5.47. The van der Waals surface area contributed by atoms with Crippen LogP contribution in [0.5, 0.6) is 5.75 Å². The van der Waals surface area contributed by atoms with Crippen molar-refractivity contribution in [3.8, 4) is 5.75 Å². The van der Waals surface area contributed by atoms with E-state index < -0.39 is 20.5 Å². The molecule has 0 saturated heterocycles. The van der Waals surface area contributed by atoms with Gasteiger partial charge in [0.25, 0.3) is 0 Å². The van der Waals surface area contributed by atoms with E-state index in [9.17, 15) is 9.59 Å². The van der Waals surface area contributed by atoms with Crippen LogP contribution >= 0.6 is 0 Å². The maximum Gasteiger partial charge on any atom is 0.458 e. The van der Waals surface area contributed by atoms with Crippen molar-refractivity contribution in [2.75, 3.05) is 0 Å². The molecule has 0 aliphatic carbocycles. The lowest BCUT2D eigenvalue weighted by atomic mass is 10.3. The average Bonchev–Trinajstić information content (AvgIpc) is 2.25. The van der Waals surface area contributed by atoms with E-state index in [0.717, 1.165) is 0 Å². The SMILES string of the molecule is C[Si](C)(C)OC(=O)N=NC(=O)Oc1ccccc1. The molecular weight excluding hydrogens is 252 g/mol. The van der Waals surface area contributed by atoms with Crippen LogP contribution in [0.25, 0.3) is 0 Å². The lowest BCUT2D eigenvalue weighted by Gasteiger charge is -2.13. The minimum Gasteiger partial charge on any atom is -0.502 e. The Hall–Kier alpha value is -2.02. The first-order valence-electron chi connectivity index (χ1n) is 5.28. The number of ether oxygens (including phenoxy) is 1. The molecule has 96 valence electrons. The Balaban J connectivity index is 2.48. The van der Waals surface area contributed by atoms with E-state index in [0.29, 0.717) is 5.75 Å². The summed E-state index contributed by atoms with van der Waals surface area (Å²) in [5, 5.41) is 6.24. The number of benzene rings is 1. The van der Waals surface area contributed by atoms with Gasteiger partial charge in [0.15, 0.2) is 0 Å². The molecule has 0 atom stereocenters. The molecule has 1 aromatic carbocycles. The predicted molar refractivity (Wildman–Crippen MR) is 67.1 cm³/mol. The van der Waals surface area contributed by atoms with Crippen molar-refractivity contribution in [1.29, 1.82) is 0 Å². The summed E-state index contributed by atoms with van der Waals surface area (Å²) in [5.74, 6) is 0.333. The third-order valence-electron chi connectivity index (χ3n) is 1.56. The van der Waals surface area contributed by atoms with Crippen molar-refractivity contribution in [1.82, 2.24) is 0 Å². The van der Waals surface area contributed by atoms with E-state index in [4.69, 9.17) is 9.16 Å². The molecule has 0 aliphatic heterocycles. The van der Waals surface area contributed by atoms with E-state index in [1.54, 1.807) is 30.3 Å². The lowest BCUT2D eigenvalue weighted by molar-refractivity contribution is 0.199. The smallest absolute Gasteiger partial charge is 0.458 e. The van der Waals surface area contributed by atoms with Crippen LogP contribution in [0.3, 0.4) is 0 Å². The molecule has 1 rings (SSSR count). The van der Waals surface area contributed by atoms with Gasteiger partial charge in [0.1, 0.15) is 5.75 Å². The molecule has 0 fully saturated rings. The van der Waals surface area contributed by atoms with E-state index in [1.807, 2.05) is 19.6 Å². The number of carbonyl (C=O) groups is 2. The fourth-order valence-corrected chi connectivity index (χ4v) is 1.54. The molecule has 18 heavy (non-hydrogen) atoms. The Labute approximate surface area is 106 Å². The van der Waals surface area contributed by atoms with Crippen LogP contribution in [-0.2, 0) is 4.43 Å². The van der Waals surface area contributed by atoms with Gasteiger partial charge >= 0.3 is 12.2 Å². The van der Waals surface area contributed by atoms with Gasteiger partial charge in [-0.25, -0.2) is 9.59 Å². The summed E-state index contributed by atoms with van der Waals surface area (Å²) in [6.07, 6.45) is -1.84. The average molecular weight is 266 g/mol. The van der Waals surface area contributed by atoms with E-state index in [1.165, 1.54) is 0 Å². The second kappa shape index (κ2) is 6.06. The third-order valence-corrected chi connectivity index (χ3v) is 2.34. The zero-order valence-electron chi connectivity index (χ0n) is 10.4. The van der Waals surface area contributed by atoms with Crippen molar-refractivity contribution in [3.63, 3.8) is 0 Å². The predicted octanol–water partition coefficient (Wildman–Crippen LogP) is 3.61. The number of carbonyl (C=O) groups excluding carboxylic acids is 2. The van der Waals surface area contributed by atoms with E-state index >= 15 is 0 Å². The Morgan fingerprint density at radius 3 is 2.11 bits per heavy atom. The zero-order valence-corrected chi connectivity index (χ0v) is 11.4. The molecule has 7 heteroatoms. The van der Waals surface area contributed by atoms with Gasteiger partial charge in [-0.05, 0) is 31.8 Å². The molecule has 0 bridgehead atoms. The molecule has 0 saturated carbocycles. The van der Waals surface area contributed by atoms with Gasteiger partial charge in [0.2, 0.25) is 8.32 Å². The minimum atomic E-state index is -2.02. The van der Waals surface area contributed by atoms with Crippen molar-refractivity contribution < 1.29 is 18.8 Å². The summed E-state index contributed by atoms with van der Waals surface area (Å²) >= 11 is 0. The fraction of sp³-hybridized carbons (Fsp3) is 0.273. The van der Waals surface area contributed by atoms with E-state index in [2.05, 4.69) is 10.2 Å². The zero-order chi connectivity index (χ0) is 13.6. The maximum atomic E-state index is 11.2. The molecule has 6 nitrogen and oxygen atoms in total. The van der Waals surface area contributed by atoms with Crippen LogP contribution < -0.4 is 4.74 Å². The second-order valence-corrected chi connectivity index (χ2v) is 8.79. The summed E-state index contributed by atoms with van der Waals surface area (Å²) in [5.41, 5.74) is 0. The first-order valence-corrected chi connectivity index (χ1v) is 8.69. The van der Waals surface area contributed by atoms with Crippen LogP contribution in [0.2, 0.25) is 19.6 Å². The molecule has 0 unspecified atom stereocenters. The Morgan fingerprint density at radius 1 is 1.00 bits per heavy atom. The highest BCUT2D eigenvalue weighted by molar-refractivity contribution is 6.71. The molecular formula is C11H14N2O4Si. The number of hydrogen-bond acceptors (Lipinski definition) is 4. The van der Waals surface area contributed by atoms with E-state index in [-0.39, 0.29) is 0 Å². The van der Waals surface area contributed by atoms with Gasteiger partial charge in [0, 0.05) is 0 Å². The van der Waals surface area contributed by atoms with Gasteiger partial charge in [0.05, 0.1) is 0 Å². The van der Waals surface area contributed by atoms with Crippen LogP contribution in [0.1, 0.15) is 0 Å². The number of amides is 2. The van der Waals surface area contributed by atoms with Crippen molar-refractivity contribution >= 4 is 20.5 Å². The molecule has 0 N–H and O–H groups in total. The minimum absolute atomic E-state index is 0.333. The molecule has 0 spiro atoms. The highest BCUT2D eigenvalue weighted by Crippen LogP contribution is 2.09. The number of azo groups is 1. The summed E-state index contributed by atoms with van der Waals surface area (Å²) in [7, 11) is -2.02. The highest BCUT2D eigenvalue weighted by Gasteiger charge is 2.19. The van der Waals surface area contributed by atoms with Crippen molar-refractivity contribution in [2.24, 2.45) is 10.2 Å². The summed E-state index contributed by atoms with van der Waals surface area (Å²) in [6, 6.07) is 8.38. The van der Waals surface area contributed by atoms with Crippen LogP contribution in [-0.4, -0.2) is 20.5 Å². The largest absolute Gasteiger partial charge is 0.502 e. The first-order chi connectivity index (χ1) is 8.37. The standard InChI is InChI=1S/C11H14N2O4Si/c1-18(2,3)17-11(15)13-12-10(14)16-9-7-5-4-6-8-9/h4-8H,1-3H3. The Kier molecular flexibility index (Phi) is 4.72. The monoisotopic (exact) mass is 266 g/mol. The topological polar surface area (TPSA) is 77.3 Å². The molecule has 2 amide bonds. The number of rotatable bonds is 2. The van der Waals surface area contributed by atoms with Gasteiger partial charge in [-0.1, -0.05) is 28.4 Å². The summed E-state index contributed by atoms with van der Waals surface area (Å²) in [4.78, 5) is 22.4. The van der Waals surface area contributed by atoms with Crippen LogP contribution in [0, 0.1) is 0 Å². The molecule has 0 aliphatic rings. The highest BCUT2D eigenvalue weighted by atomic mass is 28.4. The number of nitrogens with zero attached hydrogens (tertiary/aromatic N) is 2. The fourth-order valence-electron chi connectivity index (χ4n) is 0.974. The van der Waals surface area contributed by atoms with Crippen LogP contribution in [0.15, 0.2) is 40.6 Å². The van der Waals surface area contributed by atoms with Crippen molar-refractivity contribution in [2.45, 2.75) is 19.6 Å². The van der Waals surface area contributed by atoms with Gasteiger partial charge < -0.3 is 9.16 Å². The van der Waals surface area contributed by atoms with Crippen molar-refractivity contribution in [3.05, 3.63) is 30.3 Å². The van der Waals surface area contributed by atoms with Gasteiger partial charge in [-0.2, -0.15) is 0 Å². The quantitative estimate of drug-likeness (QED) is 0.605. The second-order valence-electron chi connectivity index (χ2n) is 4.36. The lowest BCUT2D eigenvalue weighted by Crippen LogP contribution is -2.27. The first kappa shape index (κ1) is 14.0. The molecule has 0 heterocycles. The number of para-hydroxylation sites is 1. The van der Waals surface area contributed by atoms with Gasteiger partial charge in [-0.15, -0.1) is 0 Å². The molecule has 1 aromatic rings. The Bertz CT molecular complexity index is 454. The molecule has 0 aromatic heterocycles. The van der Waals surface area contributed by atoms with Gasteiger partial charge in [-0.3, -0.25) is 0 Å². The normalized spacial score (nSPS) is 11.3. The Morgan fingerprint density at radius 2 is 1.56 bits per heavy atom. The molecule has 0 radical (unpaired) electrons. The third kappa shape index (κ3) is 5.90. The van der Waals surface area contributed by atoms with Crippen LogP contribution in [0.4, 0.5) is 9.59 Å².